The Hall–Kier alpha value is -1.53. The Bertz CT molecular complexity index is 587. The second kappa shape index (κ2) is 7.36. The van der Waals surface area contributed by atoms with Crippen molar-refractivity contribution in [2.75, 3.05) is 23.8 Å². The maximum atomic E-state index is 12.2. The van der Waals surface area contributed by atoms with E-state index in [0.29, 0.717) is 18.7 Å². The van der Waals surface area contributed by atoms with Gasteiger partial charge < -0.3 is 15.0 Å². The van der Waals surface area contributed by atoms with Gasteiger partial charge in [0.25, 0.3) is 0 Å². The Balaban J connectivity index is 1.55. The molecule has 5 nitrogen and oxygen atoms in total. The first kappa shape index (κ1) is 16.3. The molecule has 0 aliphatic carbocycles. The number of ether oxygens (including phenoxy) is 1. The van der Waals surface area contributed by atoms with Gasteiger partial charge in [-0.1, -0.05) is 12.1 Å². The molecular weight excluding hydrogens is 312 g/mol. The smallest absolute Gasteiger partial charge is 0.237 e. The monoisotopic (exact) mass is 334 g/mol. The van der Waals surface area contributed by atoms with Crippen molar-refractivity contribution in [1.29, 1.82) is 0 Å². The van der Waals surface area contributed by atoms with Crippen LogP contribution in [-0.4, -0.2) is 42.9 Å². The maximum absolute atomic E-state index is 12.2. The number of carbonyl (C=O) groups excluding carboxylic acids is 2. The third kappa shape index (κ3) is 3.87. The van der Waals surface area contributed by atoms with E-state index in [-0.39, 0.29) is 24.0 Å². The average molecular weight is 334 g/mol. The molecule has 0 unspecified atom stereocenters. The average Bonchev–Trinajstić information content (AvgIpc) is 3.08. The molecule has 1 saturated heterocycles. The molecule has 23 heavy (non-hydrogen) atoms. The molecule has 6 heteroatoms. The first-order valence-corrected chi connectivity index (χ1v) is 9.07. The Morgan fingerprint density at radius 2 is 2.30 bits per heavy atom. The van der Waals surface area contributed by atoms with E-state index < -0.39 is 0 Å². The molecule has 3 rings (SSSR count). The minimum absolute atomic E-state index is 0.0184. The van der Waals surface area contributed by atoms with Gasteiger partial charge in [-0.15, -0.1) is 11.8 Å². The molecule has 0 bridgehead atoms. The number of hydrogen-bond donors (Lipinski definition) is 1. The van der Waals surface area contributed by atoms with Crippen LogP contribution in [0.3, 0.4) is 0 Å². The van der Waals surface area contributed by atoms with E-state index in [0.717, 1.165) is 30.0 Å². The Morgan fingerprint density at radius 1 is 1.48 bits per heavy atom. The SMILES string of the molecule is C[C@@H](NC(=O)CCN1C(=O)CSc2ccccc21)[C@H]1CCCO1. The number of para-hydroxylation sites is 1. The number of nitrogens with zero attached hydrogens (tertiary/aromatic N) is 1. The summed E-state index contributed by atoms with van der Waals surface area (Å²) in [6.45, 7) is 3.17. The Morgan fingerprint density at radius 3 is 3.09 bits per heavy atom. The van der Waals surface area contributed by atoms with Crippen molar-refractivity contribution in [3.8, 4) is 0 Å². The molecule has 1 fully saturated rings. The minimum Gasteiger partial charge on any atom is -0.376 e. The molecule has 0 spiro atoms. The predicted octanol–water partition coefficient (Wildman–Crippen LogP) is 2.20. The number of anilines is 1. The molecule has 2 amide bonds. The summed E-state index contributed by atoms with van der Waals surface area (Å²) in [5.41, 5.74) is 0.911. The van der Waals surface area contributed by atoms with Crippen LogP contribution in [0.1, 0.15) is 26.2 Å². The number of nitrogens with one attached hydrogen (secondary N) is 1. The predicted molar refractivity (Wildman–Crippen MR) is 90.7 cm³/mol. The van der Waals surface area contributed by atoms with E-state index in [1.165, 1.54) is 0 Å². The lowest BCUT2D eigenvalue weighted by Gasteiger charge is -2.29. The molecule has 1 aromatic rings. The van der Waals surface area contributed by atoms with E-state index in [1.807, 2.05) is 31.2 Å². The highest BCUT2D eigenvalue weighted by Crippen LogP contribution is 2.34. The molecule has 2 aliphatic heterocycles. The fourth-order valence-electron chi connectivity index (χ4n) is 3.03. The van der Waals surface area contributed by atoms with Crippen LogP contribution >= 0.6 is 11.8 Å². The van der Waals surface area contributed by atoms with Crippen molar-refractivity contribution < 1.29 is 14.3 Å². The highest BCUT2D eigenvalue weighted by Gasteiger charge is 2.26. The zero-order chi connectivity index (χ0) is 16.2. The molecule has 2 atom stereocenters. The summed E-state index contributed by atoms with van der Waals surface area (Å²) < 4.78 is 5.59. The Kier molecular flexibility index (Phi) is 5.23. The summed E-state index contributed by atoms with van der Waals surface area (Å²) in [6, 6.07) is 7.86. The fourth-order valence-corrected chi connectivity index (χ4v) is 3.96. The number of benzene rings is 1. The maximum Gasteiger partial charge on any atom is 0.237 e. The molecular formula is C17H22N2O3S. The number of hydrogen-bond acceptors (Lipinski definition) is 4. The highest BCUT2D eigenvalue weighted by molar-refractivity contribution is 8.00. The largest absolute Gasteiger partial charge is 0.376 e. The van der Waals surface area contributed by atoms with Crippen LogP contribution in [0.4, 0.5) is 5.69 Å². The van der Waals surface area contributed by atoms with Crippen molar-refractivity contribution >= 4 is 29.3 Å². The summed E-state index contributed by atoms with van der Waals surface area (Å²) in [4.78, 5) is 27.1. The molecule has 1 N–H and O–H groups in total. The normalized spacial score (nSPS) is 21.9. The van der Waals surface area contributed by atoms with E-state index in [9.17, 15) is 9.59 Å². The van der Waals surface area contributed by atoms with Crippen LogP contribution in [0.25, 0.3) is 0 Å². The summed E-state index contributed by atoms with van der Waals surface area (Å²) in [5, 5.41) is 2.99. The quantitative estimate of drug-likeness (QED) is 0.897. The van der Waals surface area contributed by atoms with Crippen LogP contribution in [0.15, 0.2) is 29.2 Å². The highest BCUT2D eigenvalue weighted by atomic mass is 32.2. The zero-order valence-corrected chi connectivity index (χ0v) is 14.1. The van der Waals surface area contributed by atoms with Crippen LogP contribution in [0.5, 0.6) is 0 Å². The number of amides is 2. The third-order valence-corrected chi connectivity index (χ3v) is 5.33. The number of rotatable bonds is 5. The van der Waals surface area contributed by atoms with E-state index in [1.54, 1.807) is 16.7 Å². The van der Waals surface area contributed by atoms with Gasteiger partial charge in [-0.3, -0.25) is 9.59 Å². The molecule has 124 valence electrons. The number of thioether (sulfide) groups is 1. The van der Waals surface area contributed by atoms with Crippen molar-refractivity contribution in [2.45, 2.75) is 43.2 Å². The standard InChI is InChI=1S/C17H22N2O3S/c1-12(14-6-4-10-22-14)18-16(20)8-9-19-13-5-2-3-7-15(13)23-11-17(19)21/h2-3,5,7,12,14H,4,6,8-11H2,1H3,(H,18,20)/t12-,14-/m1/s1. The lowest BCUT2D eigenvalue weighted by atomic mass is 10.1. The minimum atomic E-state index is -0.0310. The molecule has 0 radical (unpaired) electrons. The van der Waals surface area contributed by atoms with Crippen molar-refractivity contribution in [1.82, 2.24) is 5.32 Å². The second-order valence-electron chi connectivity index (χ2n) is 5.96. The van der Waals surface area contributed by atoms with Crippen LogP contribution in [0.2, 0.25) is 0 Å². The summed E-state index contributed by atoms with van der Waals surface area (Å²) in [7, 11) is 0. The first-order valence-electron chi connectivity index (χ1n) is 8.08. The van der Waals surface area contributed by atoms with Gasteiger partial charge in [-0.25, -0.2) is 0 Å². The number of fused-ring (bicyclic) bond motifs is 1. The molecule has 2 aliphatic rings. The van der Waals surface area contributed by atoms with Gasteiger partial charge in [-0.05, 0) is 31.9 Å². The van der Waals surface area contributed by atoms with Crippen molar-refractivity contribution in [2.24, 2.45) is 0 Å². The van der Waals surface area contributed by atoms with Gasteiger partial charge in [0, 0.05) is 24.5 Å². The zero-order valence-electron chi connectivity index (χ0n) is 13.3. The second-order valence-corrected chi connectivity index (χ2v) is 6.98. The van der Waals surface area contributed by atoms with Gasteiger partial charge >= 0.3 is 0 Å². The fraction of sp³-hybridized carbons (Fsp3) is 0.529. The van der Waals surface area contributed by atoms with E-state index in [4.69, 9.17) is 4.74 Å². The van der Waals surface area contributed by atoms with E-state index >= 15 is 0 Å². The first-order chi connectivity index (χ1) is 11.1. The van der Waals surface area contributed by atoms with Crippen LogP contribution in [-0.2, 0) is 14.3 Å². The van der Waals surface area contributed by atoms with Crippen LogP contribution < -0.4 is 10.2 Å². The Labute approximate surface area is 140 Å². The summed E-state index contributed by atoms with van der Waals surface area (Å²) >= 11 is 1.55. The van der Waals surface area contributed by atoms with Gasteiger partial charge in [0.2, 0.25) is 11.8 Å². The van der Waals surface area contributed by atoms with Crippen LogP contribution in [0, 0.1) is 0 Å². The van der Waals surface area contributed by atoms with Crippen molar-refractivity contribution in [3.63, 3.8) is 0 Å². The molecule has 0 saturated carbocycles. The molecule has 2 heterocycles. The third-order valence-electron chi connectivity index (χ3n) is 4.28. The lowest BCUT2D eigenvalue weighted by Crippen LogP contribution is -2.43. The molecule has 0 aromatic heterocycles. The van der Waals surface area contributed by atoms with Gasteiger partial charge in [-0.2, -0.15) is 0 Å². The summed E-state index contributed by atoms with van der Waals surface area (Å²) in [5.74, 6) is 0.468. The topological polar surface area (TPSA) is 58.6 Å². The number of carbonyl (C=O) groups is 2. The van der Waals surface area contributed by atoms with E-state index in [2.05, 4.69) is 5.32 Å². The van der Waals surface area contributed by atoms with Gasteiger partial charge in [0.1, 0.15) is 0 Å². The van der Waals surface area contributed by atoms with Crippen molar-refractivity contribution in [3.05, 3.63) is 24.3 Å². The lowest BCUT2D eigenvalue weighted by molar-refractivity contribution is -0.122. The summed E-state index contributed by atoms with van der Waals surface area (Å²) in [6.07, 6.45) is 2.48. The van der Waals surface area contributed by atoms with Gasteiger partial charge in [0.15, 0.2) is 0 Å². The van der Waals surface area contributed by atoms with Gasteiger partial charge in [0.05, 0.1) is 23.6 Å². The molecule has 1 aromatic carbocycles.